The van der Waals surface area contributed by atoms with Crippen molar-refractivity contribution in [3.8, 4) is 5.75 Å². The van der Waals surface area contributed by atoms with E-state index in [0.29, 0.717) is 24.4 Å². The zero-order valence-electron chi connectivity index (χ0n) is 12.3. The summed E-state index contributed by atoms with van der Waals surface area (Å²) in [6, 6.07) is 4.45. The van der Waals surface area contributed by atoms with Crippen LogP contribution < -0.4 is 15.8 Å². The first-order valence-electron chi connectivity index (χ1n) is 6.80. The summed E-state index contributed by atoms with van der Waals surface area (Å²) < 4.78 is 18.5. The average molecular weight is 282 g/mol. The number of methoxy groups -OCH3 is 1. The van der Waals surface area contributed by atoms with E-state index in [0.717, 1.165) is 6.42 Å². The number of hydrogen-bond acceptors (Lipinski definition) is 3. The fourth-order valence-corrected chi connectivity index (χ4v) is 1.84. The third-order valence-electron chi connectivity index (χ3n) is 3.32. The van der Waals surface area contributed by atoms with Gasteiger partial charge < -0.3 is 15.8 Å². The molecule has 1 rings (SSSR count). The SMILES string of the molecule is COc1ccc(C(C)NC(=O)CCC(C)CN)cc1F. The molecule has 4 nitrogen and oxygen atoms in total. The van der Waals surface area contributed by atoms with Crippen molar-refractivity contribution in [2.75, 3.05) is 13.7 Å². The highest BCUT2D eigenvalue weighted by atomic mass is 19.1. The maximum Gasteiger partial charge on any atom is 0.220 e. The Morgan fingerprint density at radius 3 is 2.70 bits per heavy atom. The molecule has 1 aromatic carbocycles. The lowest BCUT2D eigenvalue weighted by molar-refractivity contribution is -0.122. The van der Waals surface area contributed by atoms with E-state index in [-0.39, 0.29) is 17.7 Å². The lowest BCUT2D eigenvalue weighted by atomic mass is 10.0. The van der Waals surface area contributed by atoms with Crippen LogP contribution in [0.2, 0.25) is 0 Å². The molecule has 0 aliphatic heterocycles. The van der Waals surface area contributed by atoms with Gasteiger partial charge in [0.1, 0.15) is 0 Å². The van der Waals surface area contributed by atoms with E-state index in [2.05, 4.69) is 5.32 Å². The molecule has 0 aliphatic carbocycles. The van der Waals surface area contributed by atoms with Gasteiger partial charge in [-0.3, -0.25) is 4.79 Å². The molecule has 3 N–H and O–H groups in total. The van der Waals surface area contributed by atoms with E-state index >= 15 is 0 Å². The van der Waals surface area contributed by atoms with Gasteiger partial charge in [0.15, 0.2) is 11.6 Å². The zero-order chi connectivity index (χ0) is 15.1. The number of nitrogens with one attached hydrogen (secondary N) is 1. The third-order valence-corrected chi connectivity index (χ3v) is 3.32. The second-order valence-electron chi connectivity index (χ2n) is 5.06. The van der Waals surface area contributed by atoms with E-state index in [9.17, 15) is 9.18 Å². The van der Waals surface area contributed by atoms with Crippen LogP contribution in [0.25, 0.3) is 0 Å². The van der Waals surface area contributed by atoms with Crippen molar-refractivity contribution in [2.24, 2.45) is 11.7 Å². The summed E-state index contributed by atoms with van der Waals surface area (Å²) in [5.74, 6) is 0.0513. The molecule has 0 spiro atoms. The van der Waals surface area contributed by atoms with Crippen molar-refractivity contribution in [1.82, 2.24) is 5.32 Å². The summed E-state index contributed by atoms with van der Waals surface area (Å²) in [5.41, 5.74) is 6.22. The molecule has 0 radical (unpaired) electrons. The van der Waals surface area contributed by atoms with Crippen molar-refractivity contribution >= 4 is 5.91 Å². The molecule has 0 aliphatic rings. The van der Waals surface area contributed by atoms with Crippen LogP contribution in [0.1, 0.15) is 38.3 Å². The van der Waals surface area contributed by atoms with Crippen LogP contribution >= 0.6 is 0 Å². The minimum Gasteiger partial charge on any atom is -0.494 e. The lowest BCUT2D eigenvalue weighted by Gasteiger charge is -2.16. The zero-order valence-corrected chi connectivity index (χ0v) is 12.3. The summed E-state index contributed by atoms with van der Waals surface area (Å²) in [4.78, 5) is 11.8. The number of halogens is 1. The molecular formula is C15H23FN2O2. The molecule has 2 unspecified atom stereocenters. The first kappa shape index (κ1) is 16.4. The first-order chi connectivity index (χ1) is 9.47. The van der Waals surface area contributed by atoms with Crippen LogP contribution in [0.15, 0.2) is 18.2 Å². The van der Waals surface area contributed by atoms with Gasteiger partial charge in [0.25, 0.3) is 0 Å². The van der Waals surface area contributed by atoms with Crippen LogP contribution in [0, 0.1) is 11.7 Å². The fraction of sp³-hybridized carbons (Fsp3) is 0.533. The van der Waals surface area contributed by atoms with Crippen LogP contribution in [-0.2, 0) is 4.79 Å². The Morgan fingerprint density at radius 1 is 1.45 bits per heavy atom. The first-order valence-corrected chi connectivity index (χ1v) is 6.80. The Hall–Kier alpha value is -1.62. The maximum absolute atomic E-state index is 13.6. The van der Waals surface area contributed by atoms with E-state index in [1.54, 1.807) is 12.1 Å². The Bertz CT molecular complexity index is 451. The number of nitrogens with two attached hydrogens (primary N) is 1. The Balaban J connectivity index is 2.55. The topological polar surface area (TPSA) is 64.3 Å². The quantitative estimate of drug-likeness (QED) is 0.807. The molecule has 0 heterocycles. The molecule has 0 bridgehead atoms. The van der Waals surface area contributed by atoms with Crippen molar-refractivity contribution in [3.05, 3.63) is 29.6 Å². The second-order valence-corrected chi connectivity index (χ2v) is 5.06. The third kappa shape index (κ3) is 4.81. The van der Waals surface area contributed by atoms with Gasteiger partial charge in [0.05, 0.1) is 13.2 Å². The van der Waals surface area contributed by atoms with Gasteiger partial charge >= 0.3 is 0 Å². The van der Waals surface area contributed by atoms with E-state index in [1.807, 2.05) is 13.8 Å². The average Bonchev–Trinajstić information content (AvgIpc) is 2.44. The summed E-state index contributed by atoms with van der Waals surface area (Å²) in [6.45, 7) is 4.41. The van der Waals surface area contributed by atoms with Gasteiger partial charge in [-0.2, -0.15) is 0 Å². The summed E-state index contributed by atoms with van der Waals surface area (Å²) in [7, 11) is 1.42. The van der Waals surface area contributed by atoms with Crippen molar-refractivity contribution in [2.45, 2.75) is 32.7 Å². The van der Waals surface area contributed by atoms with Crippen LogP contribution in [0.3, 0.4) is 0 Å². The second kappa shape index (κ2) is 7.85. The molecule has 112 valence electrons. The van der Waals surface area contributed by atoms with E-state index in [4.69, 9.17) is 10.5 Å². The summed E-state index contributed by atoms with van der Waals surface area (Å²) in [5, 5.41) is 2.85. The van der Waals surface area contributed by atoms with Gasteiger partial charge in [0, 0.05) is 6.42 Å². The largest absolute Gasteiger partial charge is 0.494 e. The Kier molecular flexibility index (Phi) is 6.45. The van der Waals surface area contributed by atoms with Crippen LogP contribution in [-0.4, -0.2) is 19.6 Å². The fourth-order valence-electron chi connectivity index (χ4n) is 1.84. The maximum atomic E-state index is 13.6. The van der Waals surface area contributed by atoms with Crippen LogP contribution in [0.5, 0.6) is 5.75 Å². The number of benzene rings is 1. The van der Waals surface area contributed by atoms with Gasteiger partial charge in [-0.15, -0.1) is 0 Å². The smallest absolute Gasteiger partial charge is 0.220 e. The van der Waals surface area contributed by atoms with Gasteiger partial charge in [-0.05, 0) is 43.5 Å². The van der Waals surface area contributed by atoms with E-state index in [1.165, 1.54) is 13.2 Å². The standard InChI is InChI=1S/C15H23FN2O2/c1-10(9-17)4-7-15(19)18-11(2)12-5-6-14(20-3)13(16)8-12/h5-6,8,10-11H,4,7,9,17H2,1-3H3,(H,18,19). The van der Waals surface area contributed by atoms with Gasteiger partial charge in [0.2, 0.25) is 5.91 Å². The molecule has 0 saturated carbocycles. The normalized spacial score (nSPS) is 13.7. The lowest BCUT2D eigenvalue weighted by Crippen LogP contribution is -2.27. The molecule has 1 amide bonds. The highest BCUT2D eigenvalue weighted by Gasteiger charge is 2.13. The predicted octanol–water partition coefficient (Wildman–Crippen LogP) is 2.39. The van der Waals surface area contributed by atoms with Crippen molar-refractivity contribution in [3.63, 3.8) is 0 Å². The highest BCUT2D eigenvalue weighted by molar-refractivity contribution is 5.76. The number of carbonyl (C=O) groups excluding carboxylic acids is 1. The molecule has 5 heteroatoms. The summed E-state index contributed by atoms with van der Waals surface area (Å²) in [6.07, 6.45) is 1.19. The minimum absolute atomic E-state index is 0.0472. The number of hydrogen-bond donors (Lipinski definition) is 2. The monoisotopic (exact) mass is 282 g/mol. The van der Waals surface area contributed by atoms with Crippen molar-refractivity contribution in [1.29, 1.82) is 0 Å². The molecular weight excluding hydrogens is 259 g/mol. The molecule has 0 fully saturated rings. The number of amides is 1. The highest BCUT2D eigenvalue weighted by Crippen LogP contribution is 2.21. The molecule has 2 atom stereocenters. The van der Waals surface area contributed by atoms with E-state index < -0.39 is 5.82 Å². The molecule has 1 aromatic rings. The number of rotatable bonds is 7. The molecule has 0 aromatic heterocycles. The Labute approximate surface area is 119 Å². The number of carbonyl (C=O) groups is 1. The van der Waals surface area contributed by atoms with Gasteiger partial charge in [-0.25, -0.2) is 4.39 Å². The van der Waals surface area contributed by atoms with Crippen LogP contribution in [0.4, 0.5) is 4.39 Å². The van der Waals surface area contributed by atoms with Gasteiger partial charge in [-0.1, -0.05) is 13.0 Å². The molecule has 20 heavy (non-hydrogen) atoms. The predicted molar refractivity (Wildman–Crippen MR) is 77.0 cm³/mol. The van der Waals surface area contributed by atoms with Crippen molar-refractivity contribution < 1.29 is 13.9 Å². The number of ether oxygens (including phenoxy) is 1. The minimum atomic E-state index is -0.428. The Morgan fingerprint density at radius 2 is 2.15 bits per heavy atom. The summed E-state index contributed by atoms with van der Waals surface area (Å²) >= 11 is 0. The molecule has 0 saturated heterocycles.